The van der Waals surface area contributed by atoms with E-state index in [1.807, 2.05) is 0 Å². The lowest BCUT2D eigenvalue weighted by Gasteiger charge is -2.24. The molecule has 1 amide bonds. The lowest BCUT2D eigenvalue weighted by Crippen LogP contribution is -2.46. The van der Waals surface area contributed by atoms with Crippen molar-refractivity contribution >= 4 is 22.2 Å². The number of hydrogen-bond donors (Lipinski definition) is 2. The number of hydrogen-bond acceptors (Lipinski definition) is 6. The summed E-state index contributed by atoms with van der Waals surface area (Å²) in [6.07, 6.45) is 0.0490. The van der Waals surface area contributed by atoms with Crippen LogP contribution >= 0.6 is 0 Å². The molecule has 0 aromatic rings. The van der Waals surface area contributed by atoms with Crippen LogP contribution in [-0.4, -0.2) is 50.6 Å². The van der Waals surface area contributed by atoms with Gasteiger partial charge in [-0.15, -0.1) is 0 Å². The molecule has 0 saturated heterocycles. The minimum absolute atomic E-state index is 0.0463. The topological polar surface area (TPSA) is 119 Å². The summed E-state index contributed by atoms with van der Waals surface area (Å²) in [7, 11) is -3.77. The molecule has 2 N–H and O–H groups in total. The maximum atomic E-state index is 11.4. The molecule has 9 heteroatoms. The molecular formula is C11H19NO7S. The summed E-state index contributed by atoms with van der Waals surface area (Å²) in [5.74, 6) is -1.20. The van der Waals surface area contributed by atoms with E-state index in [-0.39, 0.29) is 13.0 Å². The van der Waals surface area contributed by atoms with Crippen molar-refractivity contribution in [2.75, 3.05) is 12.9 Å². The highest BCUT2D eigenvalue weighted by Crippen LogP contribution is 2.11. The Labute approximate surface area is 117 Å². The Balaban J connectivity index is 4.86. The van der Waals surface area contributed by atoms with E-state index < -0.39 is 40.7 Å². The molecule has 0 rings (SSSR count). The maximum absolute atomic E-state index is 11.4. The predicted octanol–water partition coefficient (Wildman–Crippen LogP) is 0.497. The fraction of sp³-hybridized carbons (Fsp3) is 0.636. The van der Waals surface area contributed by atoms with Crippen LogP contribution in [0, 0.1) is 0 Å². The second kappa shape index (κ2) is 8.54. The molecule has 20 heavy (non-hydrogen) atoms. The molecule has 0 bridgehead atoms. The van der Waals surface area contributed by atoms with E-state index in [1.54, 1.807) is 6.92 Å². The van der Waals surface area contributed by atoms with Gasteiger partial charge in [-0.25, -0.2) is 4.79 Å². The van der Waals surface area contributed by atoms with Gasteiger partial charge in [0.05, 0.1) is 24.8 Å². The number of nitrogens with one attached hydrogen (secondary N) is 1. The minimum atomic E-state index is -3.77. The average molecular weight is 309 g/mol. The third-order valence-corrected chi connectivity index (χ3v) is 2.78. The first-order chi connectivity index (χ1) is 9.19. The molecule has 0 saturated carbocycles. The molecule has 0 radical (unpaired) electrons. The predicted molar refractivity (Wildman–Crippen MR) is 70.7 cm³/mol. The van der Waals surface area contributed by atoms with Gasteiger partial charge in [-0.2, -0.15) is 8.42 Å². The smallest absolute Gasteiger partial charge is 0.407 e. The van der Waals surface area contributed by atoms with Crippen molar-refractivity contribution in [1.29, 1.82) is 0 Å². The molecule has 8 nitrogen and oxygen atoms in total. The molecule has 0 aliphatic carbocycles. The number of ether oxygens (including phenoxy) is 1. The van der Waals surface area contributed by atoms with Gasteiger partial charge < -0.3 is 15.2 Å². The second-order valence-electron chi connectivity index (χ2n) is 3.98. The first-order valence-corrected chi connectivity index (χ1v) is 7.65. The van der Waals surface area contributed by atoms with Gasteiger partial charge in [0.25, 0.3) is 10.1 Å². The quantitative estimate of drug-likeness (QED) is 0.470. The Hall–Kier alpha value is -1.61. The monoisotopic (exact) mass is 309 g/mol. The number of aliphatic carboxylic acids is 1. The minimum Gasteiger partial charge on any atom is -0.481 e. The molecule has 0 aliphatic rings. The highest BCUT2D eigenvalue weighted by molar-refractivity contribution is 7.86. The molecule has 0 aromatic heterocycles. The number of carbonyl (C=O) groups is 2. The summed E-state index contributed by atoms with van der Waals surface area (Å²) < 4.78 is 31.7. The molecule has 2 atom stereocenters. The van der Waals surface area contributed by atoms with E-state index in [0.717, 1.165) is 6.26 Å². The lowest BCUT2D eigenvalue weighted by atomic mass is 10.1. The molecular weight excluding hydrogens is 290 g/mol. The zero-order valence-corrected chi connectivity index (χ0v) is 12.2. The van der Waals surface area contributed by atoms with Gasteiger partial charge in [0.2, 0.25) is 0 Å². The van der Waals surface area contributed by atoms with E-state index in [1.165, 1.54) is 6.08 Å². The zero-order valence-electron chi connectivity index (χ0n) is 11.4. The zero-order chi connectivity index (χ0) is 15.8. The summed E-state index contributed by atoms with van der Waals surface area (Å²) in [4.78, 5) is 22.2. The van der Waals surface area contributed by atoms with Crippen LogP contribution in [0.4, 0.5) is 4.79 Å². The molecule has 0 heterocycles. The van der Waals surface area contributed by atoms with Crippen LogP contribution in [0.2, 0.25) is 0 Å². The number of carbonyl (C=O) groups excluding carboxylic acids is 1. The van der Waals surface area contributed by atoms with E-state index >= 15 is 0 Å². The highest BCUT2D eigenvalue weighted by atomic mass is 32.2. The molecule has 1 unspecified atom stereocenters. The lowest BCUT2D eigenvalue weighted by molar-refractivity contribution is -0.138. The van der Waals surface area contributed by atoms with E-state index in [0.29, 0.717) is 0 Å². The fourth-order valence-corrected chi connectivity index (χ4v) is 2.15. The van der Waals surface area contributed by atoms with E-state index in [9.17, 15) is 18.0 Å². The van der Waals surface area contributed by atoms with Gasteiger partial charge in [0, 0.05) is 0 Å². The third kappa shape index (κ3) is 8.48. The second-order valence-corrected chi connectivity index (χ2v) is 5.58. The van der Waals surface area contributed by atoms with Crippen LogP contribution in [-0.2, 0) is 23.8 Å². The van der Waals surface area contributed by atoms with Gasteiger partial charge in [0.15, 0.2) is 0 Å². The average Bonchev–Trinajstić information content (AvgIpc) is 2.31. The van der Waals surface area contributed by atoms with Crippen molar-refractivity contribution in [2.24, 2.45) is 0 Å². The number of carboxylic acid groups (broad SMARTS) is 1. The Morgan fingerprint density at radius 2 is 2.05 bits per heavy atom. The van der Waals surface area contributed by atoms with Crippen molar-refractivity contribution in [2.45, 2.75) is 31.9 Å². The van der Waals surface area contributed by atoms with Crippen LogP contribution in [0.15, 0.2) is 12.7 Å². The molecule has 0 fully saturated rings. The summed E-state index contributed by atoms with van der Waals surface area (Å²) in [6.45, 7) is 4.92. The normalized spacial score (nSPS) is 14.1. The van der Waals surface area contributed by atoms with Crippen LogP contribution < -0.4 is 5.32 Å². The molecule has 0 spiro atoms. The Kier molecular flexibility index (Phi) is 7.85. The van der Waals surface area contributed by atoms with Crippen LogP contribution in [0.3, 0.4) is 0 Å². The Bertz CT molecular complexity index is 446. The SMILES string of the molecule is C=CCOC(=O)N[C@@H](CC(=O)O)C(CC)OS(C)(=O)=O. The summed E-state index contributed by atoms with van der Waals surface area (Å²) in [5, 5.41) is 11.1. The van der Waals surface area contributed by atoms with Crippen LogP contribution in [0.1, 0.15) is 19.8 Å². The van der Waals surface area contributed by atoms with Crippen molar-refractivity contribution in [1.82, 2.24) is 5.32 Å². The summed E-state index contributed by atoms with van der Waals surface area (Å²) in [5.41, 5.74) is 0. The van der Waals surface area contributed by atoms with Crippen LogP contribution in [0.25, 0.3) is 0 Å². The summed E-state index contributed by atoms with van der Waals surface area (Å²) in [6, 6.07) is -1.02. The Morgan fingerprint density at radius 1 is 1.45 bits per heavy atom. The molecule has 116 valence electrons. The largest absolute Gasteiger partial charge is 0.481 e. The standard InChI is InChI=1S/C11H19NO7S/c1-4-6-18-11(15)12-8(7-10(13)14)9(5-2)19-20(3,16)17/h4,8-9H,1,5-7H2,2-3H3,(H,12,15)(H,13,14)/t8-,9?/m0/s1. The Morgan fingerprint density at radius 3 is 2.45 bits per heavy atom. The van der Waals surface area contributed by atoms with Gasteiger partial charge in [0.1, 0.15) is 6.61 Å². The summed E-state index contributed by atoms with van der Waals surface area (Å²) >= 11 is 0. The first kappa shape index (κ1) is 18.4. The third-order valence-electron chi connectivity index (χ3n) is 2.18. The maximum Gasteiger partial charge on any atom is 0.407 e. The number of alkyl carbamates (subject to hydrolysis) is 1. The highest BCUT2D eigenvalue weighted by Gasteiger charge is 2.28. The van der Waals surface area contributed by atoms with Crippen molar-refractivity contribution in [3.63, 3.8) is 0 Å². The van der Waals surface area contributed by atoms with Gasteiger partial charge in [-0.3, -0.25) is 8.98 Å². The van der Waals surface area contributed by atoms with Gasteiger partial charge in [-0.1, -0.05) is 19.6 Å². The number of rotatable bonds is 9. The van der Waals surface area contributed by atoms with E-state index in [2.05, 4.69) is 16.6 Å². The van der Waals surface area contributed by atoms with Crippen LogP contribution in [0.5, 0.6) is 0 Å². The number of amides is 1. The van der Waals surface area contributed by atoms with E-state index in [4.69, 9.17) is 9.29 Å². The fourth-order valence-electron chi connectivity index (χ4n) is 1.44. The number of carboxylic acids is 1. The van der Waals surface area contributed by atoms with Crippen molar-refractivity contribution in [3.05, 3.63) is 12.7 Å². The molecule has 0 aliphatic heterocycles. The van der Waals surface area contributed by atoms with Crippen molar-refractivity contribution < 1.29 is 32.0 Å². The van der Waals surface area contributed by atoms with Gasteiger partial charge >= 0.3 is 12.1 Å². The van der Waals surface area contributed by atoms with Gasteiger partial charge in [-0.05, 0) is 6.42 Å². The van der Waals surface area contributed by atoms with Crippen molar-refractivity contribution in [3.8, 4) is 0 Å². The first-order valence-electron chi connectivity index (χ1n) is 5.83. The molecule has 0 aromatic carbocycles.